The number of carbonyl (C=O) groups excluding carboxylic acids is 2. The number of nitrogens with zero attached hydrogens (tertiary/aromatic N) is 1. The smallest absolute Gasteiger partial charge is 0.242 e. The quantitative estimate of drug-likeness (QED) is 0.562. The normalized spacial score (nSPS) is 8.42. The lowest BCUT2D eigenvalue weighted by atomic mass is 10.5. The van der Waals surface area contributed by atoms with Crippen LogP contribution in [0.3, 0.4) is 0 Å². The summed E-state index contributed by atoms with van der Waals surface area (Å²) >= 11 is 0. The van der Waals surface area contributed by atoms with E-state index >= 15 is 0 Å². The van der Waals surface area contributed by atoms with Gasteiger partial charge in [-0.25, -0.2) is 0 Å². The highest BCUT2D eigenvalue weighted by atomic mass is 16.2. The third-order valence-corrected chi connectivity index (χ3v) is 1.24. The molecule has 0 rings (SSSR count). The molecule has 0 heterocycles. The van der Waals surface area contributed by atoms with Gasteiger partial charge in [-0.15, -0.1) is 6.42 Å². The molecule has 0 bridgehead atoms. The molecular formula is C8H12N2O2. The SMILES string of the molecule is C#CCN(C)C(=O)CNC(C)=O. The molecular weight excluding hydrogens is 156 g/mol. The number of nitrogens with one attached hydrogen (secondary N) is 1. The standard InChI is InChI=1S/C8H12N2O2/c1-4-5-10(3)8(12)6-9-7(2)11/h1H,5-6H2,2-3H3,(H,9,11). The van der Waals surface area contributed by atoms with E-state index in [0.717, 1.165) is 0 Å². The topological polar surface area (TPSA) is 49.4 Å². The van der Waals surface area contributed by atoms with Gasteiger partial charge in [0.25, 0.3) is 0 Å². The zero-order chi connectivity index (χ0) is 9.56. The summed E-state index contributed by atoms with van der Waals surface area (Å²) < 4.78 is 0. The third-order valence-electron chi connectivity index (χ3n) is 1.24. The maximum absolute atomic E-state index is 11.1. The van der Waals surface area contributed by atoms with Gasteiger partial charge in [-0.3, -0.25) is 9.59 Å². The molecule has 66 valence electrons. The molecule has 0 atom stereocenters. The van der Waals surface area contributed by atoms with E-state index in [-0.39, 0.29) is 24.9 Å². The van der Waals surface area contributed by atoms with Crippen molar-refractivity contribution in [2.24, 2.45) is 0 Å². The van der Waals surface area contributed by atoms with Crippen molar-refractivity contribution in [2.75, 3.05) is 20.1 Å². The van der Waals surface area contributed by atoms with E-state index in [2.05, 4.69) is 11.2 Å². The first-order chi connectivity index (χ1) is 5.57. The van der Waals surface area contributed by atoms with E-state index in [1.165, 1.54) is 11.8 Å². The van der Waals surface area contributed by atoms with Crippen LogP contribution < -0.4 is 5.32 Å². The highest BCUT2D eigenvalue weighted by Gasteiger charge is 2.06. The van der Waals surface area contributed by atoms with Crippen molar-refractivity contribution in [1.29, 1.82) is 0 Å². The molecule has 1 N–H and O–H groups in total. The number of hydrogen-bond acceptors (Lipinski definition) is 2. The Hall–Kier alpha value is -1.50. The van der Waals surface area contributed by atoms with E-state index in [1.807, 2.05) is 0 Å². The molecule has 0 aliphatic carbocycles. The van der Waals surface area contributed by atoms with Crippen molar-refractivity contribution in [3.8, 4) is 12.3 Å². The maximum Gasteiger partial charge on any atom is 0.242 e. The summed E-state index contributed by atoms with van der Waals surface area (Å²) in [5, 5.41) is 2.39. The molecule has 0 aliphatic rings. The third kappa shape index (κ3) is 4.34. The maximum atomic E-state index is 11.1. The second-order valence-electron chi connectivity index (χ2n) is 2.36. The van der Waals surface area contributed by atoms with E-state index in [4.69, 9.17) is 6.42 Å². The first-order valence-corrected chi connectivity index (χ1v) is 3.49. The summed E-state index contributed by atoms with van der Waals surface area (Å²) in [6.45, 7) is 1.63. The first-order valence-electron chi connectivity index (χ1n) is 3.49. The average Bonchev–Trinajstić information content (AvgIpc) is 2.00. The summed E-state index contributed by atoms with van der Waals surface area (Å²) in [5.74, 6) is 1.91. The minimum atomic E-state index is -0.225. The Morgan fingerprint density at radius 3 is 2.58 bits per heavy atom. The van der Waals surface area contributed by atoms with Crippen LogP contribution in [-0.2, 0) is 9.59 Å². The number of terminal acetylenes is 1. The minimum Gasteiger partial charge on any atom is -0.347 e. The van der Waals surface area contributed by atoms with Crippen molar-refractivity contribution in [2.45, 2.75) is 6.92 Å². The molecule has 4 nitrogen and oxygen atoms in total. The fraction of sp³-hybridized carbons (Fsp3) is 0.500. The number of carbonyl (C=O) groups is 2. The van der Waals surface area contributed by atoms with Crippen LogP contribution in [0.25, 0.3) is 0 Å². The van der Waals surface area contributed by atoms with Crippen LogP contribution in [0, 0.1) is 12.3 Å². The summed E-state index contributed by atoms with van der Waals surface area (Å²) in [6.07, 6.45) is 4.99. The zero-order valence-electron chi connectivity index (χ0n) is 7.26. The molecule has 0 spiro atoms. The fourth-order valence-corrected chi connectivity index (χ4v) is 0.560. The summed E-state index contributed by atoms with van der Waals surface area (Å²) in [7, 11) is 1.59. The number of hydrogen-bond donors (Lipinski definition) is 1. The van der Waals surface area contributed by atoms with Gasteiger partial charge in [0.15, 0.2) is 0 Å². The van der Waals surface area contributed by atoms with Gasteiger partial charge < -0.3 is 10.2 Å². The van der Waals surface area contributed by atoms with Crippen molar-refractivity contribution in [3.05, 3.63) is 0 Å². The van der Waals surface area contributed by atoms with E-state index in [9.17, 15) is 9.59 Å². The molecule has 0 aromatic carbocycles. The predicted octanol–water partition coefficient (Wildman–Crippen LogP) is -0.786. The Kier molecular flexibility index (Phi) is 4.54. The van der Waals surface area contributed by atoms with Gasteiger partial charge in [-0.1, -0.05) is 5.92 Å². The van der Waals surface area contributed by atoms with E-state index < -0.39 is 0 Å². The van der Waals surface area contributed by atoms with Crippen LogP contribution in [0.2, 0.25) is 0 Å². The minimum absolute atomic E-state index is 0.00745. The predicted molar refractivity (Wildman–Crippen MR) is 45.2 cm³/mol. The van der Waals surface area contributed by atoms with Crippen LogP contribution >= 0.6 is 0 Å². The highest BCUT2D eigenvalue weighted by Crippen LogP contribution is 1.81. The van der Waals surface area contributed by atoms with Crippen LogP contribution in [-0.4, -0.2) is 36.9 Å². The summed E-state index contributed by atoms with van der Waals surface area (Å²) in [4.78, 5) is 22.8. The largest absolute Gasteiger partial charge is 0.347 e. The van der Waals surface area contributed by atoms with Crippen LogP contribution in [0.1, 0.15) is 6.92 Å². The van der Waals surface area contributed by atoms with Gasteiger partial charge in [0.1, 0.15) is 0 Å². The average molecular weight is 168 g/mol. The van der Waals surface area contributed by atoms with Crippen molar-refractivity contribution >= 4 is 11.8 Å². The fourth-order valence-electron chi connectivity index (χ4n) is 0.560. The molecule has 0 unspecified atom stereocenters. The molecule has 0 aromatic heterocycles. The molecule has 2 amide bonds. The lowest BCUT2D eigenvalue weighted by Crippen LogP contribution is -2.37. The molecule has 0 aromatic rings. The second-order valence-corrected chi connectivity index (χ2v) is 2.36. The Morgan fingerprint density at radius 2 is 2.17 bits per heavy atom. The van der Waals surface area contributed by atoms with Crippen LogP contribution in [0.4, 0.5) is 0 Å². The van der Waals surface area contributed by atoms with E-state index in [1.54, 1.807) is 7.05 Å². The van der Waals surface area contributed by atoms with Crippen molar-refractivity contribution in [3.63, 3.8) is 0 Å². The lowest BCUT2D eigenvalue weighted by Gasteiger charge is -2.13. The summed E-state index contributed by atoms with van der Waals surface area (Å²) in [6, 6.07) is 0. The van der Waals surface area contributed by atoms with Crippen LogP contribution in [0.5, 0.6) is 0 Å². The molecule has 0 radical (unpaired) electrons. The molecule has 4 heteroatoms. The zero-order valence-corrected chi connectivity index (χ0v) is 7.26. The Labute approximate surface area is 71.9 Å². The van der Waals surface area contributed by atoms with Gasteiger partial charge in [-0.05, 0) is 0 Å². The first kappa shape index (κ1) is 10.5. The number of rotatable bonds is 3. The van der Waals surface area contributed by atoms with Crippen LogP contribution in [0.15, 0.2) is 0 Å². The second kappa shape index (κ2) is 5.19. The molecule has 0 saturated heterocycles. The van der Waals surface area contributed by atoms with Crippen molar-refractivity contribution < 1.29 is 9.59 Å². The Balaban J connectivity index is 3.73. The van der Waals surface area contributed by atoms with Gasteiger partial charge in [0.05, 0.1) is 13.1 Å². The Morgan fingerprint density at radius 1 is 1.58 bits per heavy atom. The lowest BCUT2D eigenvalue weighted by molar-refractivity contribution is -0.130. The van der Waals surface area contributed by atoms with Gasteiger partial charge >= 0.3 is 0 Å². The molecule has 0 aliphatic heterocycles. The Bertz CT molecular complexity index is 218. The van der Waals surface area contributed by atoms with Gasteiger partial charge in [0, 0.05) is 14.0 Å². The molecule has 12 heavy (non-hydrogen) atoms. The molecule has 0 fully saturated rings. The van der Waals surface area contributed by atoms with Gasteiger partial charge in [-0.2, -0.15) is 0 Å². The van der Waals surface area contributed by atoms with Gasteiger partial charge in [0.2, 0.25) is 11.8 Å². The summed E-state index contributed by atoms with van der Waals surface area (Å²) in [5.41, 5.74) is 0. The monoisotopic (exact) mass is 168 g/mol. The molecule has 0 saturated carbocycles. The van der Waals surface area contributed by atoms with E-state index in [0.29, 0.717) is 0 Å². The highest BCUT2D eigenvalue weighted by molar-refractivity contribution is 5.83. The van der Waals surface area contributed by atoms with Crippen molar-refractivity contribution in [1.82, 2.24) is 10.2 Å². The number of amides is 2. The number of likely N-dealkylation sites (N-methyl/N-ethyl adjacent to an activating group) is 1.